The van der Waals surface area contributed by atoms with E-state index in [1.165, 1.54) is 5.56 Å². The van der Waals surface area contributed by atoms with Crippen molar-refractivity contribution in [2.24, 2.45) is 5.73 Å². The fraction of sp³-hybridized carbons (Fsp3) is 0.250. The van der Waals surface area contributed by atoms with Gasteiger partial charge >= 0.3 is 0 Å². The lowest BCUT2D eigenvalue weighted by atomic mass is 10.1. The summed E-state index contributed by atoms with van der Waals surface area (Å²) >= 11 is 0. The van der Waals surface area contributed by atoms with Crippen LogP contribution in [-0.2, 0) is 16.3 Å². The third kappa shape index (κ3) is 4.06. The Bertz CT molecular complexity index is 677. The summed E-state index contributed by atoms with van der Waals surface area (Å²) in [6.07, 6.45) is 0.865. The molecular weight excluding hydrogens is 284 g/mol. The fourth-order valence-corrected chi connectivity index (χ4v) is 2.88. The highest BCUT2D eigenvalue weighted by atomic mass is 32.2. The van der Waals surface area contributed by atoms with Crippen LogP contribution in [0.4, 0.5) is 11.4 Å². The van der Waals surface area contributed by atoms with Gasteiger partial charge in [-0.1, -0.05) is 19.1 Å². The number of rotatable bonds is 6. The van der Waals surface area contributed by atoms with Gasteiger partial charge in [0.1, 0.15) is 0 Å². The van der Waals surface area contributed by atoms with Crippen molar-refractivity contribution >= 4 is 21.2 Å². The molecule has 0 aliphatic heterocycles. The van der Waals surface area contributed by atoms with Crippen LogP contribution < -0.4 is 11.1 Å². The second kappa shape index (κ2) is 6.74. The third-order valence-corrected chi connectivity index (χ3v) is 5.02. The number of sulfone groups is 1. The Hall–Kier alpha value is -1.85. The zero-order chi connectivity index (χ0) is 15.3. The van der Waals surface area contributed by atoms with Gasteiger partial charge in [0.05, 0.1) is 10.6 Å². The Morgan fingerprint density at radius 3 is 1.95 bits per heavy atom. The molecule has 0 bridgehead atoms. The van der Waals surface area contributed by atoms with Crippen molar-refractivity contribution in [3.8, 4) is 0 Å². The summed E-state index contributed by atoms with van der Waals surface area (Å²) in [7, 11) is -3.14. The van der Waals surface area contributed by atoms with Gasteiger partial charge in [-0.25, -0.2) is 8.42 Å². The molecule has 0 saturated carbocycles. The first-order valence-electron chi connectivity index (χ1n) is 6.94. The van der Waals surface area contributed by atoms with Crippen molar-refractivity contribution in [3.05, 3.63) is 54.1 Å². The monoisotopic (exact) mass is 304 g/mol. The first kappa shape index (κ1) is 15.5. The molecule has 2 aromatic rings. The maximum absolute atomic E-state index is 11.7. The zero-order valence-corrected chi connectivity index (χ0v) is 12.9. The quantitative estimate of drug-likeness (QED) is 0.860. The third-order valence-electron chi connectivity index (χ3n) is 3.27. The molecule has 112 valence electrons. The zero-order valence-electron chi connectivity index (χ0n) is 12.0. The highest BCUT2D eigenvalue weighted by molar-refractivity contribution is 7.91. The second-order valence-corrected chi connectivity index (χ2v) is 7.07. The van der Waals surface area contributed by atoms with E-state index in [0.717, 1.165) is 17.8 Å². The van der Waals surface area contributed by atoms with Crippen LogP contribution in [-0.4, -0.2) is 20.7 Å². The Morgan fingerprint density at radius 1 is 0.952 bits per heavy atom. The van der Waals surface area contributed by atoms with Gasteiger partial charge in [-0.3, -0.25) is 0 Å². The Kier molecular flexibility index (Phi) is 4.98. The van der Waals surface area contributed by atoms with E-state index in [1.807, 2.05) is 24.3 Å². The van der Waals surface area contributed by atoms with E-state index >= 15 is 0 Å². The minimum absolute atomic E-state index is 0.113. The van der Waals surface area contributed by atoms with Gasteiger partial charge in [-0.2, -0.15) is 0 Å². The molecule has 0 amide bonds. The summed E-state index contributed by atoms with van der Waals surface area (Å²) < 4.78 is 23.5. The lowest BCUT2D eigenvalue weighted by molar-refractivity contribution is 0.597. The van der Waals surface area contributed by atoms with E-state index < -0.39 is 9.84 Å². The van der Waals surface area contributed by atoms with Crippen LogP contribution >= 0.6 is 0 Å². The van der Waals surface area contributed by atoms with Crippen molar-refractivity contribution in [2.75, 3.05) is 17.6 Å². The van der Waals surface area contributed by atoms with Crippen LogP contribution in [0, 0.1) is 0 Å². The van der Waals surface area contributed by atoms with Gasteiger partial charge in [-0.05, 0) is 54.9 Å². The van der Waals surface area contributed by atoms with Gasteiger partial charge in [0.2, 0.25) is 0 Å². The van der Waals surface area contributed by atoms with Crippen LogP contribution in [0.2, 0.25) is 0 Å². The summed E-state index contributed by atoms with van der Waals surface area (Å²) in [6, 6.07) is 14.8. The van der Waals surface area contributed by atoms with Crippen LogP contribution in [0.1, 0.15) is 12.5 Å². The van der Waals surface area contributed by atoms with Gasteiger partial charge < -0.3 is 11.1 Å². The van der Waals surface area contributed by atoms with Crippen LogP contribution in [0.3, 0.4) is 0 Å². The van der Waals surface area contributed by atoms with E-state index in [-0.39, 0.29) is 5.75 Å². The molecule has 5 heteroatoms. The normalized spacial score (nSPS) is 11.3. The molecule has 0 aliphatic carbocycles. The number of anilines is 2. The molecule has 0 aliphatic rings. The topological polar surface area (TPSA) is 72.2 Å². The van der Waals surface area contributed by atoms with Gasteiger partial charge in [0.15, 0.2) is 9.84 Å². The van der Waals surface area contributed by atoms with E-state index in [2.05, 4.69) is 5.32 Å². The lowest BCUT2D eigenvalue weighted by Crippen LogP contribution is -2.03. The number of hydrogen-bond acceptors (Lipinski definition) is 4. The van der Waals surface area contributed by atoms with E-state index in [9.17, 15) is 8.42 Å². The molecular formula is C16H20N2O2S. The summed E-state index contributed by atoms with van der Waals surface area (Å²) in [6.45, 7) is 2.28. The average molecular weight is 304 g/mol. The summed E-state index contributed by atoms with van der Waals surface area (Å²) in [5, 5.41) is 3.24. The molecule has 3 N–H and O–H groups in total. The number of benzene rings is 2. The van der Waals surface area contributed by atoms with E-state index in [1.54, 1.807) is 31.2 Å². The highest BCUT2D eigenvalue weighted by Crippen LogP contribution is 2.20. The van der Waals surface area contributed by atoms with Gasteiger partial charge in [-0.15, -0.1) is 0 Å². The average Bonchev–Trinajstić information content (AvgIpc) is 2.50. The molecule has 0 spiro atoms. The highest BCUT2D eigenvalue weighted by Gasteiger charge is 2.10. The van der Waals surface area contributed by atoms with Gasteiger partial charge in [0.25, 0.3) is 0 Å². The number of nitrogens with one attached hydrogen (secondary N) is 1. The minimum atomic E-state index is -3.14. The maximum atomic E-state index is 11.7. The molecule has 0 atom stereocenters. The molecule has 0 radical (unpaired) electrons. The maximum Gasteiger partial charge on any atom is 0.178 e. The van der Waals surface area contributed by atoms with E-state index in [0.29, 0.717) is 11.4 Å². The first-order chi connectivity index (χ1) is 10.0. The van der Waals surface area contributed by atoms with Gasteiger partial charge in [0, 0.05) is 11.4 Å². The van der Waals surface area contributed by atoms with Crippen LogP contribution in [0.5, 0.6) is 0 Å². The molecule has 21 heavy (non-hydrogen) atoms. The fourth-order valence-electron chi connectivity index (χ4n) is 2.00. The molecule has 0 heterocycles. The summed E-state index contributed by atoms with van der Waals surface area (Å²) in [4.78, 5) is 0.355. The molecule has 0 saturated heterocycles. The summed E-state index contributed by atoms with van der Waals surface area (Å²) in [5.74, 6) is 0.113. The van der Waals surface area contributed by atoms with Crippen molar-refractivity contribution in [3.63, 3.8) is 0 Å². The smallest absolute Gasteiger partial charge is 0.178 e. The second-order valence-electron chi connectivity index (χ2n) is 4.79. The van der Waals surface area contributed by atoms with Crippen molar-refractivity contribution in [2.45, 2.75) is 18.2 Å². The van der Waals surface area contributed by atoms with Crippen molar-refractivity contribution < 1.29 is 8.42 Å². The molecule has 2 rings (SSSR count). The van der Waals surface area contributed by atoms with E-state index in [4.69, 9.17) is 5.73 Å². The standard InChI is InChI=1S/C16H20N2O2S/c1-2-21(19,20)16-9-7-15(8-10-16)18-14-5-3-13(4-6-14)11-12-17/h3-10,18H,2,11-12,17H2,1H3. The van der Waals surface area contributed by atoms with Crippen molar-refractivity contribution in [1.82, 2.24) is 0 Å². The molecule has 4 nitrogen and oxygen atoms in total. The van der Waals surface area contributed by atoms with Crippen molar-refractivity contribution in [1.29, 1.82) is 0 Å². The predicted octanol–water partition coefficient (Wildman–Crippen LogP) is 2.73. The van der Waals surface area contributed by atoms with Crippen LogP contribution in [0.25, 0.3) is 0 Å². The molecule has 2 aromatic carbocycles. The minimum Gasteiger partial charge on any atom is -0.356 e. The lowest BCUT2D eigenvalue weighted by Gasteiger charge is -2.08. The summed E-state index contributed by atoms with van der Waals surface area (Å²) in [5.41, 5.74) is 8.54. The largest absolute Gasteiger partial charge is 0.356 e. The Balaban J connectivity index is 2.10. The molecule has 0 unspecified atom stereocenters. The number of nitrogens with two attached hydrogens (primary N) is 1. The SMILES string of the molecule is CCS(=O)(=O)c1ccc(Nc2ccc(CCN)cc2)cc1. The molecule has 0 fully saturated rings. The Labute approximate surface area is 125 Å². The molecule has 0 aromatic heterocycles. The first-order valence-corrected chi connectivity index (χ1v) is 8.59. The number of hydrogen-bond donors (Lipinski definition) is 2. The van der Waals surface area contributed by atoms with Crippen LogP contribution in [0.15, 0.2) is 53.4 Å². The Morgan fingerprint density at radius 2 is 1.48 bits per heavy atom. The predicted molar refractivity (Wildman–Crippen MR) is 86.7 cm³/mol.